The molecule has 0 aromatic rings. The SMILES string of the molecule is COC(=O)CCS(=O)(=O)N(C)C1CCC2(CC1)OCCO2. The molecule has 0 aromatic carbocycles. The molecule has 8 heteroatoms. The molecule has 0 aromatic heterocycles. The molecule has 1 saturated carbocycles. The molecule has 7 nitrogen and oxygen atoms in total. The maximum Gasteiger partial charge on any atom is 0.306 e. The molecule has 0 atom stereocenters. The molecule has 2 aliphatic rings. The summed E-state index contributed by atoms with van der Waals surface area (Å²) in [5.41, 5.74) is 0. The van der Waals surface area contributed by atoms with Crippen LogP contribution in [0.4, 0.5) is 0 Å². The van der Waals surface area contributed by atoms with Gasteiger partial charge in [-0.2, -0.15) is 0 Å². The van der Waals surface area contributed by atoms with Crippen LogP contribution in [0.3, 0.4) is 0 Å². The van der Waals surface area contributed by atoms with Gasteiger partial charge in [-0.3, -0.25) is 4.79 Å². The van der Waals surface area contributed by atoms with E-state index in [0.717, 1.165) is 0 Å². The van der Waals surface area contributed by atoms with Crippen LogP contribution in [0, 0.1) is 0 Å². The highest BCUT2D eigenvalue weighted by atomic mass is 32.2. The summed E-state index contributed by atoms with van der Waals surface area (Å²) >= 11 is 0. The first kappa shape index (κ1) is 16.7. The molecule has 0 unspecified atom stereocenters. The van der Waals surface area contributed by atoms with Gasteiger partial charge in [-0.25, -0.2) is 12.7 Å². The van der Waals surface area contributed by atoms with Crippen molar-refractivity contribution in [3.8, 4) is 0 Å². The highest BCUT2D eigenvalue weighted by Gasteiger charge is 2.42. The van der Waals surface area contributed by atoms with E-state index in [0.29, 0.717) is 38.9 Å². The molecule has 1 saturated heterocycles. The lowest BCUT2D eigenvalue weighted by molar-refractivity contribution is -0.181. The first-order valence-electron chi connectivity index (χ1n) is 7.19. The number of esters is 1. The number of sulfonamides is 1. The van der Waals surface area contributed by atoms with Gasteiger partial charge < -0.3 is 14.2 Å². The topological polar surface area (TPSA) is 82.1 Å². The van der Waals surface area contributed by atoms with Crippen LogP contribution in [0.1, 0.15) is 32.1 Å². The zero-order chi connectivity index (χ0) is 15.5. The highest BCUT2D eigenvalue weighted by Crippen LogP contribution is 2.37. The second-order valence-corrected chi connectivity index (χ2v) is 7.65. The Labute approximate surface area is 125 Å². The number of nitrogens with zero attached hydrogens (tertiary/aromatic N) is 1. The van der Waals surface area contributed by atoms with Gasteiger partial charge in [-0.05, 0) is 12.8 Å². The van der Waals surface area contributed by atoms with Crippen molar-refractivity contribution in [2.75, 3.05) is 33.1 Å². The standard InChI is InChI=1S/C13H23NO6S/c1-14(21(16,17)10-5-12(15)18-2)11-3-6-13(7-4-11)19-8-9-20-13/h11H,3-10H2,1-2H3. The number of ether oxygens (including phenoxy) is 3. The van der Waals surface area contributed by atoms with Crippen molar-refractivity contribution in [2.45, 2.75) is 43.9 Å². The van der Waals surface area contributed by atoms with Gasteiger partial charge >= 0.3 is 5.97 Å². The van der Waals surface area contributed by atoms with E-state index in [-0.39, 0.29) is 18.2 Å². The number of rotatable bonds is 5. The predicted molar refractivity (Wildman–Crippen MR) is 75.1 cm³/mol. The minimum absolute atomic E-state index is 0.0638. The summed E-state index contributed by atoms with van der Waals surface area (Å²) in [6, 6.07) is -0.0638. The average Bonchev–Trinajstić information content (AvgIpc) is 2.93. The quantitative estimate of drug-likeness (QED) is 0.686. The lowest BCUT2D eigenvalue weighted by atomic mass is 9.90. The van der Waals surface area contributed by atoms with E-state index in [4.69, 9.17) is 9.47 Å². The lowest BCUT2D eigenvalue weighted by Gasteiger charge is -2.38. The number of carbonyl (C=O) groups excluding carboxylic acids is 1. The summed E-state index contributed by atoms with van der Waals surface area (Å²) in [7, 11) is -0.623. The Morgan fingerprint density at radius 2 is 1.86 bits per heavy atom. The van der Waals surface area contributed by atoms with Crippen LogP contribution in [0.15, 0.2) is 0 Å². The first-order valence-corrected chi connectivity index (χ1v) is 8.80. The normalized spacial score (nSPS) is 22.8. The van der Waals surface area contributed by atoms with Crippen LogP contribution in [-0.2, 0) is 29.0 Å². The number of hydrogen-bond acceptors (Lipinski definition) is 6. The molecule has 1 heterocycles. The summed E-state index contributed by atoms with van der Waals surface area (Å²) in [5, 5.41) is 0. The smallest absolute Gasteiger partial charge is 0.306 e. The van der Waals surface area contributed by atoms with Crippen LogP contribution in [0.2, 0.25) is 0 Å². The third kappa shape index (κ3) is 3.94. The van der Waals surface area contributed by atoms with E-state index in [1.54, 1.807) is 7.05 Å². The largest absolute Gasteiger partial charge is 0.469 e. The fraction of sp³-hybridized carbons (Fsp3) is 0.923. The second kappa shape index (κ2) is 6.60. The molecule has 21 heavy (non-hydrogen) atoms. The van der Waals surface area contributed by atoms with Crippen LogP contribution in [0.25, 0.3) is 0 Å². The van der Waals surface area contributed by atoms with Crippen molar-refractivity contribution in [2.24, 2.45) is 0 Å². The third-order valence-corrected chi connectivity index (χ3v) is 6.17. The number of carbonyl (C=O) groups is 1. The van der Waals surface area contributed by atoms with Crippen LogP contribution in [-0.4, -0.2) is 63.6 Å². The minimum Gasteiger partial charge on any atom is -0.469 e. The minimum atomic E-state index is -3.45. The monoisotopic (exact) mass is 321 g/mol. The van der Waals surface area contributed by atoms with Crippen molar-refractivity contribution in [1.82, 2.24) is 4.31 Å². The molecular weight excluding hydrogens is 298 g/mol. The molecule has 2 rings (SSSR count). The molecule has 122 valence electrons. The molecule has 2 fully saturated rings. The Kier molecular flexibility index (Phi) is 5.24. The molecule has 1 aliphatic heterocycles. The first-order chi connectivity index (χ1) is 9.88. The van der Waals surface area contributed by atoms with E-state index in [1.165, 1.54) is 11.4 Å². The zero-order valence-corrected chi connectivity index (χ0v) is 13.4. The Balaban J connectivity index is 1.88. The van der Waals surface area contributed by atoms with Crippen molar-refractivity contribution in [3.05, 3.63) is 0 Å². The molecule has 0 amide bonds. The van der Waals surface area contributed by atoms with Gasteiger partial charge in [0.15, 0.2) is 5.79 Å². The average molecular weight is 321 g/mol. The molecule has 1 spiro atoms. The van der Waals surface area contributed by atoms with Crippen molar-refractivity contribution in [3.63, 3.8) is 0 Å². The molecular formula is C13H23NO6S. The van der Waals surface area contributed by atoms with E-state index >= 15 is 0 Å². The van der Waals surface area contributed by atoms with Crippen LogP contribution >= 0.6 is 0 Å². The molecule has 1 aliphatic carbocycles. The Hall–Kier alpha value is -0.700. The van der Waals surface area contributed by atoms with Gasteiger partial charge in [0.05, 0.1) is 32.5 Å². The maximum absolute atomic E-state index is 12.2. The van der Waals surface area contributed by atoms with Gasteiger partial charge in [0.2, 0.25) is 10.0 Å². The predicted octanol–water partition coefficient (Wildman–Crippen LogP) is 0.497. The summed E-state index contributed by atoms with van der Waals surface area (Å²) < 4.78 is 41.6. The van der Waals surface area contributed by atoms with Gasteiger partial charge in [0, 0.05) is 25.9 Å². The van der Waals surface area contributed by atoms with E-state index in [2.05, 4.69) is 4.74 Å². The fourth-order valence-electron chi connectivity index (χ4n) is 2.88. The summed E-state index contributed by atoms with van der Waals surface area (Å²) in [4.78, 5) is 11.1. The van der Waals surface area contributed by atoms with E-state index in [1.807, 2.05) is 0 Å². The zero-order valence-electron chi connectivity index (χ0n) is 12.5. The Morgan fingerprint density at radius 1 is 1.29 bits per heavy atom. The Bertz CT molecular complexity index is 461. The number of methoxy groups -OCH3 is 1. The third-order valence-electron chi connectivity index (χ3n) is 4.28. The van der Waals surface area contributed by atoms with Gasteiger partial charge in [-0.15, -0.1) is 0 Å². The van der Waals surface area contributed by atoms with E-state index < -0.39 is 21.8 Å². The maximum atomic E-state index is 12.2. The van der Waals surface area contributed by atoms with Crippen molar-refractivity contribution in [1.29, 1.82) is 0 Å². The second-order valence-electron chi connectivity index (χ2n) is 5.50. The molecule has 0 radical (unpaired) electrons. The van der Waals surface area contributed by atoms with Gasteiger partial charge in [-0.1, -0.05) is 0 Å². The summed E-state index contributed by atoms with van der Waals surface area (Å²) in [5.74, 6) is -1.22. The molecule has 0 bridgehead atoms. The van der Waals surface area contributed by atoms with Gasteiger partial charge in [0.1, 0.15) is 0 Å². The van der Waals surface area contributed by atoms with Crippen molar-refractivity contribution >= 4 is 16.0 Å². The van der Waals surface area contributed by atoms with Crippen LogP contribution in [0.5, 0.6) is 0 Å². The van der Waals surface area contributed by atoms with E-state index in [9.17, 15) is 13.2 Å². The molecule has 0 N–H and O–H groups in total. The summed E-state index contributed by atoms with van der Waals surface area (Å²) in [6.07, 6.45) is 2.69. The number of hydrogen-bond donors (Lipinski definition) is 0. The lowest BCUT2D eigenvalue weighted by Crippen LogP contribution is -2.45. The van der Waals surface area contributed by atoms with Crippen molar-refractivity contribution < 1.29 is 27.4 Å². The fourth-order valence-corrected chi connectivity index (χ4v) is 4.25. The Morgan fingerprint density at radius 3 is 2.38 bits per heavy atom. The summed E-state index contributed by atoms with van der Waals surface area (Å²) in [6.45, 7) is 1.22. The van der Waals surface area contributed by atoms with Gasteiger partial charge in [0.25, 0.3) is 0 Å². The highest BCUT2D eigenvalue weighted by molar-refractivity contribution is 7.89. The van der Waals surface area contributed by atoms with Crippen LogP contribution < -0.4 is 0 Å².